The molecule has 1 fully saturated rings. The van der Waals surface area contributed by atoms with E-state index in [0.29, 0.717) is 11.1 Å². The number of nitrogens with zero attached hydrogens (tertiary/aromatic N) is 4. The van der Waals surface area contributed by atoms with Crippen LogP contribution >= 0.6 is 34.7 Å². The zero-order valence-electron chi connectivity index (χ0n) is 16.3. The van der Waals surface area contributed by atoms with E-state index in [9.17, 15) is 4.79 Å². The fourth-order valence-electron chi connectivity index (χ4n) is 3.53. The van der Waals surface area contributed by atoms with Crippen LogP contribution in [0.25, 0.3) is 11.4 Å². The third kappa shape index (κ3) is 5.30. The van der Waals surface area contributed by atoms with Crippen LogP contribution in [0, 0.1) is 0 Å². The fourth-order valence-corrected chi connectivity index (χ4v) is 5.04. The summed E-state index contributed by atoms with van der Waals surface area (Å²) in [5, 5.41) is 16.3. The zero-order valence-corrected chi connectivity index (χ0v) is 18.7. The van der Waals surface area contributed by atoms with Crippen LogP contribution in [-0.4, -0.2) is 32.6 Å². The van der Waals surface area contributed by atoms with E-state index in [4.69, 9.17) is 11.6 Å². The molecule has 30 heavy (non-hydrogen) atoms. The maximum absolute atomic E-state index is 12.2. The van der Waals surface area contributed by atoms with Crippen LogP contribution in [0.1, 0.15) is 43.0 Å². The molecule has 4 rings (SSSR count). The summed E-state index contributed by atoms with van der Waals surface area (Å²) in [7, 11) is 0. The van der Waals surface area contributed by atoms with Crippen molar-refractivity contribution in [3.63, 3.8) is 0 Å². The highest BCUT2D eigenvalue weighted by atomic mass is 35.5. The van der Waals surface area contributed by atoms with Crippen molar-refractivity contribution >= 4 is 46.8 Å². The van der Waals surface area contributed by atoms with Crippen LogP contribution in [0.3, 0.4) is 0 Å². The van der Waals surface area contributed by atoms with Gasteiger partial charge < -0.3 is 0 Å². The molecule has 0 bridgehead atoms. The van der Waals surface area contributed by atoms with Crippen LogP contribution in [0.5, 0.6) is 0 Å². The molecule has 0 aliphatic heterocycles. The summed E-state index contributed by atoms with van der Waals surface area (Å²) in [6, 6.07) is 11.9. The van der Waals surface area contributed by atoms with Gasteiger partial charge in [-0.2, -0.15) is 5.10 Å². The van der Waals surface area contributed by atoms with E-state index in [1.807, 2.05) is 41.8 Å². The Bertz CT molecular complexity index is 995. The Labute approximate surface area is 188 Å². The molecular formula is C21H22ClN5OS2. The maximum atomic E-state index is 12.2. The molecule has 1 N–H and O–H groups in total. The number of carbonyl (C=O) groups excluding carboxylic acids is 1. The molecule has 1 amide bonds. The standard InChI is InChI=1S/C21H22ClN5OS2/c22-16-10-8-15(9-11-16)20-25-26-21(27(20)17-5-2-1-3-6-17)30-14-19(28)24-23-13-18-7-4-12-29-18/h4,7-13,17H,1-3,5-6,14H2,(H,24,28)/b23-13+. The Morgan fingerprint density at radius 1 is 1.23 bits per heavy atom. The summed E-state index contributed by atoms with van der Waals surface area (Å²) in [6.45, 7) is 0. The average Bonchev–Trinajstić information content (AvgIpc) is 3.43. The molecule has 3 aromatic rings. The first-order valence-electron chi connectivity index (χ1n) is 9.90. The third-order valence-corrected chi connectivity index (χ3v) is 6.97. The van der Waals surface area contributed by atoms with E-state index in [0.717, 1.165) is 34.3 Å². The second-order valence-corrected chi connectivity index (χ2v) is 9.43. The topological polar surface area (TPSA) is 72.2 Å². The molecule has 1 aliphatic carbocycles. The summed E-state index contributed by atoms with van der Waals surface area (Å²) in [5.41, 5.74) is 3.56. The smallest absolute Gasteiger partial charge is 0.250 e. The zero-order chi connectivity index (χ0) is 20.8. The number of hydrazone groups is 1. The van der Waals surface area contributed by atoms with Crippen LogP contribution in [0.4, 0.5) is 0 Å². The number of nitrogens with one attached hydrogen (secondary N) is 1. The van der Waals surface area contributed by atoms with Crippen molar-refractivity contribution in [1.29, 1.82) is 0 Å². The summed E-state index contributed by atoms with van der Waals surface area (Å²) in [4.78, 5) is 13.2. The Kier molecular flexibility index (Phi) is 7.20. The lowest BCUT2D eigenvalue weighted by molar-refractivity contribution is -0.118. The quantitative estimate of drug-likeness (QED) is 0.291. The molecule has 0 spiro atoms. The van der Waals surface area contributed by atoms with E-state index < -0.39 is 0 Å². The van der Waals surface area contributed by atoms with Crippen molar-refractivity contribution in [2.24, 2.45) is 5.10 Å². The molecule has 0 atom stereocenters. The monoisotopic (exact) mass is 459 g/mol. The van der Waals surface area contributed by atoms with E-state index in [1.54, 1.807) is 17.6 Å². The first-order valence-corrected chi connectivity index (χ1v) is 12.1. The highest BCUT2D eigenvalue weighted by molar-refractivity contribution is 7.99. The minimum absolute atomic E-state index is 0.168. The fraction of sp³-hybridized carbons (Fsp3) is 0.333. The van der Waals surface area contributed by atoms with E-state index in [2.05, 4.69) is 25.3 Å². The molecule has 0 saturated heterocycles. The van der Waals surface area contributed by atoms with Gasteiger partial charge in [-0.1, -0.05) is 48.7 Å². The van der Waals surface area contributed by atoms with E-state index in [-0.39, 0.29) is 11.7 Å². The highest BCUT2D eigenvalue weighted by Gasteiger charge is 2.24. The van der Waals surface area contributed by atoms with Gasteiger partial charge in [-0.15, -0.1) is 21.5 Å². The molecule has 1 aliphatic rings. The van der Waals surface area contributed by atoms with Gasteiger partial charge in [0.15, 0.2) is 11.0 Å². The third-order valence-electron chi connectivity index (χ3n) is 4.96. The van der Waals surface area contributed by atoms with Crippen molar-refractivity contribution in [2.45, 2.75) is 43.3 Å². The van der Waals surface area contributed by atoms with Gasteiger partial charge in [0.25, 0.3) is 5.91 Å². The van der Waals surface area contributed by atoms with Gasteiger partial charge in [0.1, 0.15) is 0 Å². The van der Waals surface area contributed by atoms with Crippen LogP contribution in [0.15, 0.2) is 52.0 Å². The number of halogens is 1. The average molecular weight is 460 g/mol. The van der Waals surface area contributed by atoms with Gasteiger partial charge in [0.05, 0.1) is 12.0 Å². The largest absolute Gasteiger partial charge is 0.299 e. The summed E-state index contributed by atoms with van der Waals surface area (Å²) in [6.07, 6.45) is 7.52. The summed E-state index contributed by atoms with van der Waals surface area (Å²) < 4.78 is 2.20. The van der Waals surface area contributed by atoms with Crippen LogP contribution < -0.4 is 5.43 Å². The predicted molar refractivity (Wildman–Crippen MR) is 123 cm³/mol. The number of rotatable bonds is 7. The van der Waals surface area contributed by atoms with Gasteiger partial charge in [0, 0.05) is 21.5 Å². The number of hydrogen-bond donors (Lipinski definition) is 1. The maximum Gasteiger partial charge on any atom is 0.250 e. The lowest BCUT2D eigenvalue weighted by Crippen LogP contribution is -2.20. The highest BCUT2D eigenvalue weighted by Crippen LogP contribution is 2.35. The number of hydrogen-bond acceptors (Lipinski definition) is 6. The lowest BCUT2D eigenvalue weighted by Gasteiger charge is -2.25. The molecule has 156 valence electrons. The number of thioether (sulfide) groups is 1. The first-order chi connectivity index (χ1) is 14.7. The molecular weight excluding hydrogens is 438 g/mol. The molecule has 9 heteroatoms. The molecule has 0 unspecified atom stereocenters. The summed E-state index contributed by atoms with van der Waals surface area (Å²) in [5.74, 6) is 0.893. The minimum Gasteiger partial charge on any atom is -0.299 e. The van der Waals surface area contributed by atoms with Gasteiger partial charge in [-0.05, 0) is 48.6 Å². The van der Waals surface area contributed by atoms with Gasteiger partial charge in [-0.25, -0.2) is 5.43 Å². The molecule has 2 aromatic heterocycles. The number of carbonyl (C=O) groups is 1. The molecule has 1 saturated carbocycles. The van der Waals surface area contributed by atoms with Crippen molar-refractivity contribution in [2.75, 3.05) is 5.75 Å². The Hall–Kier alpha value is -2.16. The predicted octanol–water partition coefficient (Wildman–Crippen LogP) is 5.41. The molecule has 2 heterocycles. The second-order valence-electron chi connectivity index (χ2n) is 7.07. The Morgan fingerprint density at radius 2 is 2.03 bits per heavy atom. The number of amides is 1. The first kappa shape index (κ1) is 21.1. The molecule has 1 aromatic carbocycles. The van der Waals surface area contributed by atoms with Crippen LogP contribution in [-0.2, 0) is 4.79 Å². The second kappa shape index (κ2) is 10.2. The normalized spacial score (nSPS) is 15.0. The van der Waals surface area contributed by atoms with Crippen molar-refractivity contribution in [3.05, 3.63) is 51.7 Å². The van der Waals surface area contributed by atoms with E-state index >= 15 is 0 Å². The van der Waals surface area contributed by atoms with Gasteiger partial charge in [0.2, 0.25) is 0 Å². The SMILES string of the molecule is O=C(CSc1nnc(-c2ccc(Cl)cc2)n1C1CCCCC1)N/N=C/c1cccs1. The minimum atomic E-state index is -0.168. The van der Waals surface area contributed by atoms with Gasteiger partial charge >= 0.3 is 0 Å². The number of aromatic nitrogens is 3. The van der Waals surface area contributed by atoms with Gasteiger partial charge in [-0.3, -0.25) is 9.36 Å². The van der Waals surface area contributed by atoms with Crippen molar-refractivity contribution in [3.8, 4) is 11.4 Å². The summed E-state index contributed by atoms with van der Waals surface area (Å²) >= 11 is 9.01. The van der Waals surface area contributed by atoms with E-state index in [1.165, 1.54) is 31.0 Å². The number of thiophene rings is 1. The molecule has 0 radical (unpaired) electrons. The van der Waals surface area contributed by atoms with Crippen LogP contribution in [0.2, 0.25) is 5.02 Å². The van der Waals surface area contributed by atoms with Crippen molar-refractivity contribution in [1.82, 2.24) is 20.2 Å². The Balaban J connectivity index is 1.48. The lowest BCUT2D eigenvalue weighted by atomic mass is 9.95. The van der Waals surface area contributed by atoms with Crippen molar-refractivity contribution < 1.29 is 4.79 Å². The number of benzene rings is 1. The Morgan fingerprint density at radius 3 is 2.77 bits per heavy atom. The molecule has 6 nitrogen and oxygen atoms in total.